The van der Waals surface area contributed by atoms with Gasteiger partial charge in [-0.15, -0.1) is 0 Å². The van der Waals surface area contributed by atoms with Gasteiger partial charge in [0.05, 0.1) is 6.54 Å². The van der Waals surface area contributed by atoms with E-state index in [9.17, 15) is 4.79 Å². The molecule has 0 bridgehead atoms. The second kappa shape index (κ2) is 5.21. The van der Waals surface area contributed by atoms with E-state index < -0.39 is 0 Å². The van der Waals surface area contributed by atoms with Crippen LogP contribution in [0.2, 0.25) is 0 Å². The number of amides is 1. The number of hydrogen-bond donors (Lipinski definition) is 1. The zero-order valence-corrected chi connectivity index (χ0v) is 11.8. The first-order valence-electron chi connectivity index (χ1n) is 6.65. The van der Waals surface area contributed by atoms with Crippen LogP contribution < -0.4 is 5.73 Å². The van der Waals surface area contributed by atoms with Crippen LogP contribution in [0.3, 0.4) is 0 Å². The van der Waals surface area contributed by atoms with Crippen molar-refractivity contribution in [2.45, 2.75) is 32.2 Å². The van der Waals surface area contributed by atoms with E-state index in [0.717, 1.165) is 5.56 Å². The predicted molar refractivity (Wildman–Crippen MR) is 75.0 cm³/mol. The third-order valence-electron chi connectivity index (χ3n) is 3.47. The van der Waals surface area contributed by atoms with Crippen molar-refractivity contribution < 1.29 is 9.53 Å². The molecule has 1 unspecified atom stereocenters. The van der Waals surface area contributed by atoms with Gasteiger partial charge in [0.2, 0.25) is 0 Å². The Hall–Kier alpha value is -1.55. The largest absolute Gasteiger partial charge is 0.448 e. The number of rotatable bonds is 3. The Morgan fingerprint density at radius 2 is 1.95 bits per heavy atom. The van der Waals surface area contributed by atoms with Crippen LogP contribution in [0, 0.1) is 0 Å². The van der Waals surface area contributed by atoms with Gasteiger partial charge in [0.1, 0.15) is 6.61 Å². The summed E-state index contributed by atoms with van der Waals surface area (Å²) < 4.78 is 4.90. The third kappa shape index (κ3) is 3.26. The molecule has 1 saturated heterocycles. The lowest BCUT2D eigenvalue weighted by molar-refractivity contribution is 0.157. The number of nitrogens with zero attached hydrogens (tertiary/aromatic N) is 1. The van der Waals surface area contributed by atoms with Crippen molar-refractivity contribution in [1.29, 1.82) is 0 Å². The summed E-state index contributed by atoms with van der Waals surface area (Å²) in [4.78, 5) is 13.0. The molecule has 104 valence electrons. The van der Waals surface area contributed by atoms with Crippen LogP contribution in [0.25, 0.3) is 0 Å². The molecule has 0 aliphatic carbocycles. The minimum Gasteiger partial charge on any atom is -0.448 e. The molecule has 2 N–H and O–H groups in total. The first kappa shape index (κ1) is 13.9. The number of carbonyl (C=O) groups excluding carboxylic acids is 1. The van der Waals surface area contributed by atoms with E-state index in [2.05, 4.69) is 32.9 Å². The Balaban J connectivity index is 2.03. The van der Waals surface area contributed by atoms with Crippen LogP contribution in [-0.2, 0) is 10.2 Å². The molecular formula is C15H22N2O2. The van der Waals surface area contributed by atoms with Gasteiger partial charge in [0.25, 0.3) is 0 Å². The molecular weight excluding hydrogens is 240 g/mol. The molecule has 4 heteroatoms. The molecule has 1 aromatic rings. The lowest BCUT2D eigenvalue weighted by Crippen LogP contribution is -2.32. The normalized spacial score (nSPS) is 17.5. The number of nitrogens with two attached hydrogens (primary N) is 1. The molecule has 1 amide bonds. The molecule has 0 spiro atoms. The molecule has 1 aliphatic rings. The molecule has 4 nitrogen and oxygen atoms in total. The molecule has 0 saturated carbocycles. The monoisotopic (exact) mass is 262 g/mol. The Kier molecular flexibility index (Phi) is 3.80. The van der Waals surface area contributed by atoms with Gasteiger partial charge in [-0.1, -0.05) is 45.0 Å². The lowest BCUT2D eigenvalue weighted by Gasteiger charge is -2.22. The highest BCUT2D eigenvalue weighted by atomic mass is 16.6. The molecule has 1 aliphatic heterocycles. The van der Waals surface area contributed by atoms with Gasteiger partial charge in [-0.3, -0.25) is 0 Å². The van der Waals surface area contributed by atoms with Crippen molar-refractivity contribution in [2.24, 2.45) is 5.73 Å². The highest BCUT2D eigenvalue weighted by molar-refractivity contribution is 5.69. The van der Waals surface area contributed by atoms with Crippen LogP contribution in [-0.4, -0.2) is 30.7 Å². The molecule has 0 radical (unpaired) electrons. The second-order valence-corrected chi connectivity index (χ2v) is 6.04. The fourth-order valence-electron chi connectivity index (χ4n) is 2.16. The maximum absolute atomic E-state index is 11.4. The first-order chi connectivity index (χ1) is 8.88. The number of carbonyl (C=O) groups is 1. The zero-order chi connectivity index (χ0) is 14.0. The summed E-state index contributed by atoms with van der Waals surface area (Å²) in [6.07, 6.45) is -0.262. The molecule has 1 fully saturated rings. The fraction of sp³-hybridized carbons (Fsp3) is 0.533. The van der Waals surface area contributed by atoms with Crippen molar-refractivity contribution in [3.63, 3.8) is 0 Å². The second-order valence-electron chi connectivity index (χ2n) is 6.04. The van der Waals surface area contributed by atoms with Gasteiger partial charge in [-0.05, 0) is 16.5 Å². The summed E-state index contributed by atoms with van der Waals surface area (Å²) in [5.74, 6) is 0. The average molecular weight is 262 g/mol. The van der Waals surface area contributed by atoms with E-state index in [1.165, 1.54) is 5.56 Å². The molecule has 19 heavy (non-hydrogen) atoms. The van der Waals surface area contributed by atoms with E-state index in [4.69, 9.17) is 10.5 Å². The first-order valence-corrected chi connectivity index (χ1v) is 6.65. The summed E-state index contributed by atoms with van der Waals surface area (Å²) in [6.45, 7) is 8.15. The maximum atomic E-state index is 11.4. The maximum Gasteiger partial charge on any atom is 0.410 e. The summed E-state index contributed by atoms with van der Waals surface area (Å²) in [5.41, 5.74) is 8.62. The summed E-state index contributed by atoms with van der Waals surface area (Å²) in [7, 11) is 0. The molecule has 1 atom stereocenters. The zero-order valence-electron chi connectivity index (χ0n) is 11.8. The topological polar surface area (TPSA) is 55.6 Å². The van der Waals surface area contributed by atoms with Crippen molar-refractivity contribution >= 4 is 6.09 Å². The standard InChI is InChI=1S/C15H22N2O2/c1-15(2,3)12-6-4-11(5-7-12)13(16)10-17-8-9-19-14(17)18/h4-7,13H,8-10,16H2,1-3H3. The van der Waals surface area contributed by atoms with Crippen LogP contribution in [0.15, 0.2) is 24.3 Å². The summed E-state index contributed by atoms with van der Waals surface area (Å²) in [5, 5.41) is 0. The SMILES string of the molecule is CC(C)(C)c1ccc(C(N)CN2CCOC2=O)cc1. The van der Waals surface area contributed by atoms with Crippen molar-refractivity contribution in [3.05, 3.63) is 35.4 Å². The summed E-state index contributed by atoms with van der Waals surface area (Å²) in [6, 6.07) is 8.15. The van der Waals surface area contributed by atoms with E-state index >= 15 is 0 Å². The van der Waals surface area contributed by atoms with Crippen molar-refractivity contribution in [3.8, 4) is 0 Å². The van der Waals surface area contributed by atoms with Gasteiger partial charge in [-0.25, -0.2) is 4.79 Å². The number of ether oxygens (including phenoxy) is 1. The highest BCUT2D eigenvalue weighted by Gasteiger charge is 2.24. The Morgan fingerprint density at radius 3 is 2.42 bits per heavy atom. The number of cyclic esters (lactones) is 1. The van der Waals surface area contributed by atoms with Crippen molar-refractivity contribution in [1.82, 2.24) is 4.90 Å². The van der Waals surface area contributed by atoms with Crippen LogP contribution in [0.5, 0.6) is 0 Å². The number of hydrogen-bond acceptors (Lipinski definition) is 3. The minimum absolute atomic E-state index is 0.140. The van der Waals surface area contributed by atoms with E-state index in [0.29, 0.717) is 19.7 Å². The molecule has 1 heterocycles. The predicted octanol–water partition coefficient (Wildman–Crippen LogP) is 2.44. The Morgan fingerprint density at radius 1 is 1.32 bits per heavy atom. The average Bonchev–Trinajstić information content (AvgIpc) is 2.74. The molecule has 0 aromatic heterocycles. The lowest BCUT2D eigenvalue weighted by atomic mass is 9.86. The Bertz CT molecular complexity index is 448. The Labute approximate surface area is 114 Å². The fourth-order valence-corrected chi connectivity index (χ4v) is 2.16. The van der Waals surface area contributed by atoms with Gasteiger partial charge >= 0.3 is 6.09 Å². The highest BCUT2D eigenvalue weighted by Crippen LogP contribution is 2.24. The quantitative estimate of drug-likeness (QED) is 0.910. The van der Waals surface area contributed by atoms with Gasteiger partial charge in [-0.2, -0.15) is 0 Å². The third-order valence-corrected chi connectivity index (χ3v) is 3.47. The van der Waals surface area contributed by atoms with E-state index in [-0.39, 0.29) is 17.6 Å². The van der Waals surface area contributed by atoms with Gasteiger partial charge in [0, 0.05) is 12.6 Å². The van der Waals surface area contributed by atoms with Crippen LogP contribution >= 0.6 is 0 Å². The van der Waals surface area contributed by atoms with Crippen LogP contribution in [0.1, 0.15) is 37.9 Å². The van der Waals surface area contributed by atoms with Crippen LogP contribution in [0.4, 0.5) is 4.79 Å². The summed E-state index contributed by atoms with van der Waals surface area (Å²) >= 11 is 0. The molecule has 2 rings (SSSR count). The van der Waals surface area contributed by atoms with E-state index in [1.54, 1.807) is 4.90 Å². The minimum atomic E-state index is -0.262. The van der Waals surface area contributed by atoms with E-state index in [1.807, 2.05) is 12.1 Å². The number of benzene rings is 1. The van der Waals surface area contributed by atoms with Crippen molar-refractivity contribution in [2.75, 3.05) is 19.7 Å². The smallest absolute Gasteiger partial charge is 0.410 e. The molecule has 1 aromatic carbocycles. The van der Waals surface area contributed by atoms with Gasteiger partial charge in [0.15, 0.2) is 0 Å². The van der Waals surface area contributed by atoms with Gasteiger partial charge < -0.3 is 15.4 Å².